The van der Waals surface area contributed by atoms with Gasteiger partial charge in [0.1, 0.15) is 5.75 Å². The maximum atomic E-state index is 14.2. The molecule has 0 aliphatic carbocycles. The molecule has 0 atom stereocenters. The van der Waals surface area contributed by atoms with Gasteiger partial charge in [0.2, 0.25) is 0 Å². The molecule has 0 amide bonds. The molecule has 0 saturated carbocycles. The molecule has 0 aliphatic rings. The van der Waals surface area contributed by atoms with Crippen molar-refractivity contribution < 1.29 is 22.3 Å². The fourth-order valence-electron chi connectivity index (χ4n) is 1.95. The van der Waals surface area contributed by atoms with Crippen molar-refractivity contribution in [2.24, 2.45) is 0 Å². The number of hydrogen-bond donors (Lipinski definition) is 0. The molecule has 2 rings (SSSR count). The van der Waals surface area contributed by atoms with E-state index in [9.17, 15) is 17.6 Å². The summed E-state index contributed by atoms with van der Waals surface area (Å²) in [6, 6.07) is 8.45. The molecule has 0 radical (unpaired) electrons. The largest absolute Gasteiger partial charge is 0.494 e. The maximum absolute atomic E-state index is 14.2. The Morgan fingerprint density at radius 2 is 1.23 bits per heavy atom. The van der Waals surface area contributed by atoms with Crippen molar-refractivity contribution in [3.8, 4) is 5.75 Å². The summed E-state index contributed by atoms with van der Waals surface area (Å²) in [5.41, 5.74) is -1.58. The van der Waals surface area contributed by atoms with Crippen LogP contribution in [-0.4, -0.2) is 6.61 Å². The van der Waals surface area contributed by atoms with Crippen LogP contribution in [-0.2, 0) is 11.8 Å². The molecule has 0 spiro atoms. The monoisotopic (exact) mass is 332 g/mol. The number of rotatable bonds is 5. The Bertz CT molecular complexity index is 624. The van der Waals surface area contributed by atoms with Crippen LogP contribution in [0.25, 0.3) is 0 Å². The van der Waals surface area contributed by atoms with Crippen molar-refractivity contribution >= 4 is 11.6 Å². The number of halogens is 5. The summed E-state index contributed by atoms with van der Waals surface area (Å²) in [5, 5.41) is 0.198. The highest BCUT2D eigenvalue weighted by atomic mass is 35.5. The topological polar surface area (TPSA) is 9.23 Å². The van der Waals surface area contributed by atoms with E-state index in [0.29, 0.717) is 12.4 Å². The van der Waals surface area contributed by atoms with Crippen molar-refractivity contribution in [1.29, 1.82) is 0 Å². The van der Waals surface area contributed by atoms with E-state index in [4.69, 9.17) is 16.3 Å². The molecule has 0 aromatic heterocycles. The van der Waals surface area contributed by atoms with Crippen molar-refractivity contribution in [3.63, 3.8) is 0 Å². The normalized spacial score (nSPS) is 12.3. The Balaban J connectivity index is 2.36. The van der Waals surface area contributed by atoms with Crippen molar-refractivity contribution in [2.75, 3.05) is 6.61 Å². The van der Waals surface area contributed by atoms with Crippen LogP contribution in [0.1, 0.15) is 18.1 Å². The van der Waals surface area contributed by atoms with Crippen molar-refractivity contribution in [3.05, 3.63) is 64.7 Å². The first-order valence-corrected chi connectivity index (χ1v) is 6.92. The van der Waals surface area contributed by atoms with Crippen LogP contribution >= 0.6 is 11.6 Å². The van der Waals surface area contributed by atoms with Crippen LogP contribution in [0.4, 0.5) is 17.6 Å². The van der Waals surface area contributed by atoms with E-state index in [1.165, 1.54) is 12.1 Å². The molecular weight excluding hydrogens is 320 g/mol. The van der Waals surface area contributed by atoms with Gasteiger partial charge in [0.25, 0.3) is 0 Å². The van der Waals surface area contributed by atoms with Gasteiger partial charge < -0.3 is 4.74 Å². The van der Waals surface area contributed by atoms with Gasteiger partial charge >= 0.3 is 11.8 Å². The fraction of sp³-hybridized carbons (Fsp3) is 0.250. The third-order valence-corrected chi connectivity index (χ3v) is 3.38. The lowest BCUT2D eigenvalue weighted by molar-refractivity contribution is -0.223. The SMILES string of the molecule is CCOc1ccc(C(F)(F)C(F)(F)c2ccc(Cl)cc2)cc1. The summed E-state index contributed by atoms with van der Waals surface area (Å²) >= 11 is 5.59. The predicted octanol–water partition coefficient (Wildman–Crippen LogP) is 5.62. The highest BCUT2D eigenvalue weighted by molar-refractivity contribution is 6.30. The number of alkyl halides is 4. The zero-order valence-corrected chi connectivity index (χ0v) is 12.4. The average Bonchev–Trinajstić information content (AvgIpc) is 2.48. The molecular formula is C16H13ClF4O. The summed E-state index contributed by atoms with van der Waals surface area (Å²) in [5.74, 6) is -8.37. The second kappa shape index (κ2) is 6.16. The van der Waals surface area contributed by atoms with Crippen LogP contribution < -0.4 is 4.74 Å². The molecule has 0 saturated heterocycles. The molecule has 2 aromatic carbocycles. The molecule has 6 heteroatoms. The summed E-state index contributed by atoms with van der Waals surface area (Å²) in [6.45, 7) is 2.09. The van der Waals surface area contributed by atoms with Crippen LogP contribution in [0.3, 0.4) is 0 Å². The summed E-state index contributed by atoms with van der Waals surface area (Å²) in [4.78, 5) is 0. The van der Waals surface area contributed by atoms with Crippen molar-refractivity contribution in [2.45, 2.75) is 18.8 Å². The molecule has 0 bridgehead atoms. The predicted molar refractivity (Wildman–Crippen MR) is 76.9 cm³/mol. The molecule has 0 heterocycles. The van der Waals surface area contributed by atoms with Crippen LogP contribution in [0, 0.1) is 0 Å². The minimum absolute atomic E-state index is 0.198. The van der Waals surface area contributed by atoms with Gasteiger partial charge in [-0.2, -0.15) is 17.6 Å². The quantitative estimate of drug-likeness (QED) is 0.645. The van der Waals surface area contributed by atoms with E-state index in [1.807, 2.05) is 0 Å². The third-order valence-electron chi connectivity index (χ3n) is 3.13. The van der Waals surface area contributed by atoms with Gasteiger partial charge in [0, 0.05) is 16.1 Å². The lowest BCUT2D eigenvalue weighted by Crippen LogP contribution is -2.35. The highest BCUT2D eigenvalue weighted by Gasteiger charge is 2.58. The lowest BCUT2D eigenvalue weighted by Gasteiger charge is -2.27. The standard InChI is InChI=1S/C16H13ClF4O/c1-2-22-14-9-5-12(6-10-14)16(20,21)15(18,19)11-3-7-13(17)8-4-11/h3-10H,2H2,1H3. The van der Waals surface area contributed by atoms with Gasteiger partial charge in [-0.05, 0) is 43.3 Å². The molecule has 1 nitrogen and oxygen atoms in total. The molecule has 118 valence electrons. The summed E-state index contributed by atoms with van der Waals surface area (Å²) in [7, 11) is 0. The van der Waals surface area contributed by atoms with Crippen LogP contribution in [0.5, 0.6) is 5.75 Å². The Kier molecular flexibility index (Phi) is 4.66. The first kappa shape index (κ1) is 16.6. The molecule has 0 fully saturated rings. The number of benzene rings is 2. The highest BCUT2D eigenvalue weighted by Crippen LogP contribution is 2.49. The Morgan fingerprint density at radius 1 is 0.818 bits per heavy atom. The van der Waals surface area contributed by atoms with E-state index in [-0.39, 0.29) is 5.02 Å². The van der Waals surface area contributed by atoms with Gasteiger partial charge in [-0.1, -0.05) is 23.7 Å². The fourth-order valence-corrected chi connectivity index (χ4v) is 2.07. The van der Waals surface area contributed by atoms with Gasteiger partial charge in [0.05, 0.1) is 6.61 Å². The molecule has 0 unspecified atom stereocenters. The number of hydrogen-bond acceptors (Lipinski definition) is 1. The maximum Gasteiger partial charge on any atom is 0.339 e. The van der Waals surface area contributed by atoms with E-state index in [2.05, 4.69) is 0 Å². The van der Waals surface area contributed by atoms with Crippen molar-refractivity contribution in [1.82, 2.24) is 0 Å². The van der Waals surface area contributed by atoms with E-state index >= 15 is 0 Å². The zero-order chi connectivity index (χ0) is 16.4. The zero-order valence-electron chi connectivity index (χ0n) is 11.6. The first-order valence-electron chi connectivity index (χ1n) is 6.54. The summed E-state index contributed by atoms with van der Waals surface area (Å²) < 4.78 is 61.9. The second-order valence-electron chi connectivity index (χ2n) is 4.61. The first-order chi connectivity index (χ1) is 10.3. The molecule has 22 heavy (non-hydrogen) atoms. The van der Waals surface area contributed by atoms with E-state index in [1.54, 1.807) is 6.92 Å². The minimum atomic E-state index is -4.36. The lowest BCUT2D eigenvalue weighted by atomic mass is 9.96. The molecule has 0 aliphatic heterocycles. The third kappa shape index (κ3) is 3.04. The van der Waals surface area contributed by atoms with E-state index in [0.717, 1.165) is 36.4 Å². The Labute approximate surface area is 130 Å². The van der Waals surface area contributed by atoms with Gasteiger partial charge in [0.15, 0.2) is 0 Å². The van der Waals surface area contributed by atoms with Gasteiger partial charge in [-0.3, -0.25) is 0 Å². The van der Waals surface area contributed by atoms with Gasteiger partial charge in [-0.25, -0.2) is 0 Å². The molecule has 0 N–H and O–H groups in total. The Morgan fingerprint density at radius 3 is 1.64 bits per heavy atom. The van der Waals surface area contributed by atoms with Crippen LogP contribution in [0.2, 0.25) is 5.02 Å². The second-order valence-corrected chi connectivity index (χ2v) is 5.05. The number of ether oxygens (including phenoxy) is 1. The van der Waals surface area contributed by atoms with Crippen LogP contribution in [0.15, 0.2) is 48.5 Å². The summed E-state index contributed by atoms with van der Waals surface area (Å²) in [6.07, 6.45) is 0. The Hall–Kier alpha value is -1.75. The van der Waals surface area contributed by atoms with E-state index < -0.39 is 23.0 Å². The smallest absolute Gasteiger partial charge is 0.339 e. The minimum Gasteiger partial charge on any atom is -0.494 e. The average molecular weight is 333 g/mol. The van der Waals surface area contributed by atoms with Gasteiger partial charge in [-0.15, -0.1) is 0 Å². The molecule has 2 aromatic rings.